The van der Waals surface area contributed by atoms with E-state index in [0.717, 1.165) is 12.8 Å². The zero-order chi connectivity index (χ0) is 45.8. The number of alkyl carbamates (subject to hydrolysis) is 1. The third kappa shape index (κ3) is 7.97. The van der Waals surface area contributed by atoms with E-state index in [-0.39, 0.29) is 29.7 Å². The topological polar surface area (TPSA) is 231 Å². The molecule has 2 bridgehead atoms. The molecule has 2 aromatic rings. The summed E-state index contributed by atoms with van der Waals surface area (Å²) in [6.07, 6.45) is -9.31. The van der Waals surface area contributed by atoms with Gasteiger partial charge in [0.1, 0.15) is 23.9 Å². The number of hydrogen-bond acceptors (Lipinski definition) is 16. The summed E-state index contributed by atoms with van der Waals surface area (Å²) in [5.74, 6) is -6.50. The summed E-state index contributed by atoms with van der Waals surface area (Å²) in [4.78, 5) is 84.5. The second kappa shape index (κ2) is 17.4. The number of aliphatic hydroxyl groups is 3. The van der Waals surface area contributed by atoms with Gasteiger partial charge in [-0.3, -0.25) is 14.4 Å². The van der Waals surface area contributed by atoms with E-state index in [9.17, 15) is 39.3 Å². The van der Waals surface area contributed by atoms with Crippen LogP contribution in [0.3, 0.4) is 0 Å². The standard InChI is InChI=1S/C46H57NO15S/c1-23(2)58-42(55)47-33(28-17-18-63-21-28)34(50)41(54)59-29-20-46(56)38(61-40(53)27-13-9-8-10-14-27)36-44(7,30(49)19-31-45(36,22-57-31)62-25(4)48)37(51)35(32(24(29)3)43(46,5)6)60-39(52)26-15-11-12-16-26/h8-10,13-14,17-18,21,23,26,29-31,33-36,38,49-50,56H,11-12,15-16,19-20,22H2,1-7H3,(H,47,55)/t29-,30?,31+,33-,34+,35?,36?,38?,44+,45-,46+/m0/s1. The number of benzene rings is 1. The van der Waals surface area contributed by atoms with Crippen molar-refractivity contribution in [2.24, 2.45) is 22.7 Å². The molecular weight excluding hydrogens is 839 g/mol. The van der Waals surface area contributed by atoms with Gasteiger partial charge in [0.2, 0.25) is 0 Å². The zero-order valence-electron chi connectivity index (χ0n) is 36.5. The SMILES string of the molecule is CC(=O)O[C@@]12CO[C@@H]1CC(O)[C@@]1(C)C(=O)C(OC(=O)C3CCCC3)C3=C(C)[C@@H](OC(=O)[C@H](O)[C@@H](NC(=O)OC(C)C)c4ccsc4)C[C@@](O)(C(OC(=O)c4ccccc4)C12)C3(C)C. The Morgan fingerprint density at radius 1 is 0.984 bits per heavy atom. The van der Waals surface area contributed by atoms with Crippen LogP contribution in [0, 0.1) is 22.7 Å². The van der Waals surface area contributed by atoms with Crippen LogP contribution in [0.1, 0.15) is 109 Å². The van der Waals surface area contributed by atoms with Gasteiger partial charge in [0.05, 0.1) is 47.7 Å². The molecule has 4 aliphatic carbocycles. The van der Waals surface area contributed by atoms with Gasteiger partial charge in [0.25, 0.3) is 0 Å². The number of ether oxygens (including phenoxy) is 6. The highest BCUT2D eigenvalue weighted by molar-refractivity contribution is 7.08. The molecule has 63 heavy (non-hydrogen) atoms. The van der Waals surface area contributed by atoms with E-state index in [0.29, 0.717) is 18.4 Å². The maximum Gasteiger partial charge on any atom is 0.407 e. The van der Waals surface area contributed by atoms with Crippen LogP contribution >= 0.6 is 11.3 Å². The van der Waals surface area contributed by atoms with E-state index in [1.165, 1.54) is 37.3 Å². The second-order valence-electron chi connectivity index (χ2n) is 18.6. The maximum absolute atomic E-state index is 15.8. The van der Waals surface area contributed by atoms with E-state index in [4.69, 9.17) is 28.4 Å². The highest BCUT2D eigenvalue weighted by atomic mass is 32.1. The smallest absolute Gasteiger partial charge is 0.407 e. The molecule has 4 N–H and O–H groups in total. The largest absolute Gasteiger partial charge is 0.456 e. The van der Waals surface area contributed by atoms with Crippen LogP contribution in [0.25, 0.3) is 0 Å². The molecule has 1 aliphatic heterocycles. The van der Waals surface area contributed by atoms with Crippen LogP contribution in [0.15, 0.2) is 58.3 Å². The van der Waals surface area contributed by atoms with Crippen LogP contribution in [-0.4, -0.2) is 112 Å². The number of ketones is 1. The molecule has 7 rings (SSSR count). The van der Waals surface area contributed by atoms with Crippen molar-refractivity contribution in [1.29, 1.82) is 0 Å². The van der Waals surface area contributed by atoms with Gasteiger partial charge in [-0.25, -0.2) is 14.4 Å². The van der Waals surface area contributed by atoms with E-state index >= 15 is 4.79 Å². The number of carbonyl (C=O) groups is 6. The van der Waals surface area contributed by atoms with E-state index in [2.05, 4.69) is 5.32 Å². The lowest BCUT2D eigenvalue weighted by Crippen LogP contribution is -2.82. The van der Waals surface area contributed by atoms with Crippen molar-refractivity contribution in [1.82, 2.24) is 5.32 Å². The monoisotopic (exact) mass is 895 g/mol. The lowest BCUT2D eigenvalue weighted by Gasteiger charge is -2.67. The molecule has 5 aliphatic rings. The highest BCUT2D eigenvalue weighted by Gasteiger charge is 2.78. The molecule has 342 valence electrons. The van der Waals surface area contributed by atoms with Gasteiger partial charge in [0.15, 0.2) is 23.6 Å². The first kappa shape index (κ1) is 46.3. The van der Waals surface area contributed by atoms with Crippen LogP contribution in [0.2, 0.25) is 0 Å². The lowest BCUT2D eigenvalue weighted by molar-refractivity contribution is -0.346. The maximum atomic E-state index is 15.8. The lowest BCUT2D eigenvalue weighted by atomic mass is 9.44. The van der Waals surface area contributed by atoms with Crippen molar-refractivity contribution < 1.29 is 72.5 Å². The van der Waals surface area contributed by atoms with Crippen LogP contribution in [-0.2, 0) is 47.6 Å². The predicted molar refractivity (Wildman–Crippen MR) is 223 cm³/mol. The number of thiophene rings is 1. The molecule has 1 saturated heterocycles. The number of nitrogens with one attached hydrogen (secondary N) is 1. The quantitative estimate of drug-likeness (QED) is 0.136. The van der Waals surface area contributed by atoms with Crippen molar-refractivity contribution >= 4 is 47.1 Å². The Bertz CT molecular complexity index is 2130. The Morgan fingerprint density at radius 2 is 1.67 bits per heavy atom. The summed E-state index contributed by atoms with van der Waals surface area (Å²) >= 11 is 1.25. The average molecular weight is 896 g/mol. The van der Waals surface area contributed by atoms with Crippen LogP contribution in [0.4, 0.5) is 4.79 Å². The summed E-state index contributed by atoms with van der Waals surface area (Å²) < 4.78 is 36.1. The molecule has 0 radical (unpaired) electrons. The summed E-state index contributed by atoms with van der Waals surface area (Å²) in [5.41, 5.74) is -7.18. The normalized spacial score (nSPS) is 33.3. The predicted octanol–water partition coefficient (Wildman–Crippen LogP) is 4.67. The van der Waals surface area contributed by atoms with Gasteiger partial charge in [0, 0.05) is 25.2 Å². The van der Waals surface area contributed by atoms with Gasteiger partial charge >= 0.3 is 30.0 Å². The zero-order valence-corrected chi connectivity index (χ0v) is 37.3. The minimum atomic E-state index is -2.39. The Hall–Kier alpha value is -4.68. The number of hydrogen-bond donors (Lipinski definition) is 4. The van der Waals surface area contributed by atoms with Gasteiger partial charge < -0.3 is 49.1 Å². The third-order valence-electron chi connectivity index (χ3n) is 14.2. The fourth-order valence-electron chi connectivity index (χ4n) is 10.7. The van der Waals surface area contributed by atoms with Crippen LogP contribution < -0.4 is 5.32 Å². The number of fused-ring (bicyclic) bond motifs is 5. The molecule has 2 heterocycles. The Labute approximate surface area is 369 Å². The van der Waals surface area contributed by atoms with E-state index in [1.807, 2.05) is 0 Å². The van der Waals surface area contributed by atoms with Crippen molar-refractivity contribution in [2.75, 3.05) is 6.61 Å². The second-order valence-corrected chi connectivity index (χ2v) is 19.3. The number of carbonyl (C=O) groups excluding carboxylic acids is 6. The van der Waals surface area contributed by atoms with Crippen molar-refractivity contribution in [3.8, 4) is 0 Å². The average Bonchev–Trinajstić information content (AvgIpc) is 3.97. The number of rotatable bonds is 11. The summed E-state index contributed by atoms with van der Waals surface area (Å²) in [5, 5.41) is 43.5. The first-order chi connectivity index (χ1) is 29.7. The first-order valence-electron chi connectivity index (χ1n) is 21.5. The fourth-order valence-corrected chi connectivity index (χ4v) is 11.4. The van der Waals surface area contributed by atoms with Gasteiger partial charge in [-0.05, 0) is 86.2 Å². The van der Waals surface area contributed by atoms with Crippen molar-refractivity contribution in [2.45, 2.75) is 147 Å². The van der Waals surface area contributed by atoms with Crippen LogP contribution in [0.5, 0.6) is 0 Å². The van der Waals surface area contributed by atoms with Gasteiger partial charge in [-0.15, -0.1) is 0 Å². The van der Waals surface area contributed by atoms with E-state index < -0.39 is 125 Å². The Kier molecular flexibility index (Phi) is 12.8. The highest BCUT2D eigenvalue weighted by Crippen LogP contribution is 2.64. The van der Waals surface area contributed by atoms with Gasteiger partial charge in [-0.2, -0.15) is 11.3 Å². The Balaban J connectivity index is 1.41. The first-order valence-corrected chi connectivity index (χ1v) is 22.4. The van der Waals surface area contributed by atoms with Crippen molar-refractivity contribution in [3.05, 3.63) is 69.4 Å². The number of amides is 1. The molecule has 1 aromatic carbocycles. The van der Waals surface area contributed by atoms with Gasteiger partial charge in [-0.1, -0.05) is 44.9 Å². The summed E-state index contributed by atoms with van der Waals surface area (Å²) in [6.45, 7) is 10.3. The van der Waals surface area contributed by atoms with E-state index in [1.54, 1.807) is 69.6 Å². The summed E-state index contributed by atoms with van der Waals surface area (Å²) in [6, 6.07) is 8.15. The number of aliphatic hydroxyl groups excluding tert-OH is 2. The Morgan fingerprint density at radius 3 is 2.25 bits per heavy atom. The molecule has 1 amide bonds. The number of Topliss-reactive ketones (excluding diaryl/α,β-unsaturated/α-hetero) is 1. The molecule has 17 heteroatoms. The molecule has 3 saturated carbocycles. The third-order valence-corrected chi connectivity index (χ3v) is 14.9. The number of esters is 4. The molecular formula is C46H57NO15S. The summed E-state index contributed by atoms with van der Waals surface area (Å²) in [7, 11) is 0. The molecule has 4 unspecified atom stereocenters. The van der Waals surface area contributed by atoms with Crippen molar-refractivity contribution in [3.63, 3.8) is 0 Å². The molecule has 16 nitrogen and oxygen atoms in total. The fraction of sp³-hybridized carbons (Fsp3) is 0.609. The molecule has 11 atom stereocenters. The molecule has 4 fully saturated rings. The molecule has 1 aromatic heterocycles. The minimum absolute atomic E-state index is 0.0362. The minimum Gasteiger partial charge on any atom is -0.456 e. The molecule has 0 spiro atoms.